The van der Waals surface area contributed by atoms with Gasteiger partial charge in [-0.3, -0.25) is 10.1 Å². The van der Waals surface area contributed by atoms with Crippen LogP contribution in [0.25, 0.3) is 11.5 Å². The Morgan fingerprint density at radius 1 is 1.19 bits per heavy atom. The van der Waals surface area contributed by atoms with Crippen LogP contribution in [0.2, 0.25) is 0 Å². The van der Waals surface area contributed by atoms with E-state index in [0.717, 1.165) is 17.4 Å². The number of nitrogens with zero attached hydrogens (tertiary/aromatic N) is 2. The maximum Gasteiger partial charge on any atom is 0.288 e. The molecule has 0 unspecified atom stereocenters. The van der Waals surface area contributed by atoms with Crippen molar-refractivity contribution in [3.8, 4) is 11.5 Å². The van der Waals surface area contributed by atoms with Crippen molar-refractivity contribution < 1.29 is 17.8 Å². The van der Waals surface area contributed by atoms with Crippen molar-refractivity contribution in [1.29, 1.82) is 0 Å². The highest BCUT2D eigenvalue weighted by atomic mass is 32.2. The molecule has 1 N–H and O–H groups in total. The lowest BCUT2D eigenvalue weighted by Gasteiger charge is -2.07. The zero-order chi connectivity index (χ0) is 19.6. The maximum absolute atomic E-state index is 11.8. The van der Waals surface area contributed by atoms with Gasteiger partial charge < -0.3 is 9.73 Å². The third-order valence-electron chi connectivity index (χ3n) is 3.88. The largest absolute Gasteiger partial charge is 0.444 e. The number of nitro groups is 1. The summed E-state index contributed by atoms with van der Waals surface area (Å²) >= 11 is 0. The fraction of sp³-hybridized carbons (Fsp3) is 0.167. The predicted molar refractivity (Wildman–Crippen MR) is 100 cm³/mol. The van der Waals surface area contributed by atoms with Crippen LogP contribution in [0.1, 0.15) is 11.3 Å². The molecule has 0 atom stereocenters. The summed E-state index contributed by atoms with van der Waals surface area (Å²) in [6, 6.07) is 11.6. The van der Waals surface area contributed by atoms with Crippen LogP contribution in [0.15, 0.2) is 58.0 Å². The van der Waals surface area contributed by atoms with Gasteiger partial charge in [0.05, 0.1) is 17.2 Å². The molecule has 0 fully saturated rings. The van der Waals surface area contributed by atoms with Gasteiger partial charge in [-0.2, -0.15) is 0 Å². The fourth-order valence-corrected chi connectivity index (χ4v) is 3.34. The lowest BCUT2D eigenvalue weighted by molar-refractivity contribution is -0.387. The minimum Gasteiger partial charge on any atom is -0.444 e. The molecule has 0 aliphatic carbocycles. The van der Waals surface area contributed by atoms with Crippen molar-refractivity contribution in [2.24, 2.45) is 0 Å². The first-order valence-electron chi connectivity index (χ1n) is 7.98. The third-order valence-corrected chi connectivity index (χ3v) is 5.01. The molecule has 2 aromatic carbocycles. The molecule has 9 heteroatoms. The number of hydrogen-bond donors (Lipinski definition) is 1. The smallest absolute Gasteiger partial charge is 0.288 e. The number of sulfone groups is 1. The van der Waals surface area contributed by atoms with Gasteiger partial charge in [0, 0.05) is 23.6 Å². The summed E-state index contributed by atoms with van der Waals surface area (Å²) in [6.07, 6.45) is 2.44. The van der Waals surface area contributed by atoms with Crippen LogP contribution >= 0.6 is 0 Å². The Bertz CT molecular complexity index is 1090. The molecular formula is C18H17N3O5S. The van der Waals surface area contributed by atoms with E-state index < -0.39 is 20.4 Å². The zero-order valence-corrected chi connectivity index (χ0v) is 15.5. The normalized spacial score (nSPS) is 11.3. The van der Waals surface area contributed by atoms with Crippen LogP contribution in [-0.2, 0) is 16.4 Å². The molecule has 140 valence electrons. The molecule has 1 aromatic heterocycles. The van der Waals surface area contributed by atoms with E-state index in [2.05, 4.69) is 10.3 Å². The molecule has 8 nitrogen and oxygen atoms in total. The van der Waals surface area contributed by atoms with E-state index in [0.29, 0.717) is 17.3 Å². The summed E-state index contributed by atoms with van der Waals surface area (Å²) in [6.45, 7) is 2.26. The van der Waals surface area contributed by atoms with Crippen LogP contribution < -0.4 is 5.32 Å². The monoisotopic (exact) mass is 387 g/mol. The molecule has 0 saturated heterocycles. The Balaban J connectivity index is 1.77. The SMILES string of the molecule is Cc1ccc(-c2nc(CNc3ccc([N+](=O)[O-])c(S(C)(=O)=O)c3)co2)cc1. The average Bonchev–Trinajstić information content (AvgIpc) is 3.08. The molecule has 3 rings (SSSR count). The first kappa shape index (κ1) is 18.6. The first-order chi connectivity index (χ1) is 12.7. The predicted octanol–water partition coefficient (Wildman–Crippen LogP) is 3.57. The summed E-state index contributed by atoms with van der Waals surface area (Å²) in [5, 5.41) is 14.0. The molecule has 0 aliphatic heterocycles. The number of aryl methyl sites for hydroxylation is 1. The van der Waals surface area contributed by atoms with E-state index in [-0.39, 0.29) is 11.4 Å². The van der Waals surface area contributed by atoms with Crippen molar-refractivity contribution in [3.63, 3.8) is 0 Å². The van der Waals surface area contributed by atoms with E-state index in [1.807, 2.05) is 31.2 Å². The van der Waals surface area contributed by atoms with Crippen LogP contribution in [0.3, 0.4) is 0 Å². The van der Waals surface area contributed by atoms with E-state index in [1.165, 1.54) is 24.5 Å². The van der Waals surface area contributed by atoms with Crippen LogP contribution in [0.5, 0.6) is 0 Å². The maximum atomic E-state index is 11.8. The fourth-order valence-electron chi connectivity index (χ4n) is 2.48. The van der Waals surface area contributed by atoms with Gasteiger partial charge in [-0.25, -0.2) is 13.4 Å². The average molecular weight is 387 g/mol. The molecule has 27 heavy (non-hydrogen) atoms. The summed E-state index contributed by atoms with van der Waals surface area (Å²) < 4.78 is 29.1. The van der Waals surface area contributed by atoms with E-state index in [1.54, 1.807) is 0 Å². The molecule has 0 aliphatic rings. The lowest BCUT2D eigenvalue weighted by atomic mass is 10.1. The van der Waals surface area contributed by atoms with Crippen molar-refractivity contribution in [2.75, 3.05) is 11.6 Å². The van der Waals surface area contributed by atoms with Gasteiger partial charge in [0.15, 0.2) is 9.84 Å². The quantitative estimate of drug-likeness (QED) is 0.508. The van der Waals surface area contributed by atoms with Gasteiger partial charge in [0.25, 0.3) is 5.69 Å². The minimum absolute atomic E-state index is 0.274. The molecule has 3 aromatic rings. The topological polar surface area (TPSA) is 115 Å². The molecule has 0 bridgehead atoms. The highest BCUT2D eigenvalue weighted by Gasteiger charge is 2.22. The number of anilines is 1. The Morgan fingerprint density at radius 3 is 2.52 bits per heavy atom. The zero-order valence-electron chi connectivity index (χ0n) is 14.7. The second-order valence-electron chi connectivity index (χ2n) is 6.08. The van der Waals surface area contributed by atoms with E-state index in [4.69, 9.17) is 4.42 Å². The standard InChI is InChI=1S/C18H17N3O5S/c1-12-3-5-13(6-4-12)18-20-15(11-26-18)10-19-14-7-8-16(21(22)23)17(9-14)27(2,24)25/h3-9,11,19H,10H2,1-2H3. The van der Waals surface area contributed by atoms with E-state index in [9.17, 15) is 18.5 Å². The van der Waals surface area contributed by atoms with Gasteiger partial charge in [0.2, 0.25) is 5.89 Å². The molecule has 1 heterocycles. The number of hydrogen-bond acceptors (Lipinski definition) is 7. The van der Waals surface area contributed by atoms with E-state index >= 15 is 0 Å². The van der Waals surface area contributed by atoms with Crippen molar-refractivity contribution in [1.82, 2.24) is 4.98 Å². The lowest BCUT2D eigenvalue weighted by Crippen LogP contribution is -2.05. The van der Waals surface area contributed by atoms with Gasteiger partial charge in [-0.15, -0.1) is 0 Å². The first-order valence-corrected chi connectivity index (χ1v) is 9.87. The van der Waals surface area contributed by atoms with Gasteiger partial charge in [-0.05, 0) is 31.2 Å². The van der Waals surface area contributed by atoms with Crippen molar-refractivity contribution in [2.45, 2.75) is 18.4 Å². The summed E-state index contributed by atoms with van der Waals surface area (Å²) in [5.41, 5.74) is 2.57. The Morgan fingerprint density at radius 2 is 1.89 bits per heavy atom. The number of nitro benzene ring substituents is 1. The molecule has 0 spiro atoms. The number of rotatable bonds is 6. The Labute approximate surface area is 155 Å². The van der Waals surface area contributed by atoms with Gasteiger partial charge >= 0.3 is 0 Å². The van der Waals surface area contributed by atoms with Crippen molar-refractivity contribution >= 4 is 21.2 Å². The third kappa shape index (κ3) is 4.32. The second-order valence-corrected chi connectivity index (χ2v) is 8.06. The van der Waals surface area contributed by atoms with Gasteiger partial charge in [0.1, 0.15) is 11.2 Å². The van der Waals surface area contributed by atoms with Crippen LogP contribution in [0, 0.1) is 17.0 Å². The highest BCUT2D eigenvalue weighted by Crippen LogP contribution is 2.27. The molecule has 0 radical (unpaired) electrons. The number of aromatic nitrogens is 1. The Hall–Kier alpha value is -3.20. The van der Waals surface area contributed by atoms with Crippen molar-refractivity contribution in [3.05, 3.63) is 70.1 Å². The summed E-state index contributed by atoms with van der Waals surface area (Å²) in [5.74, 6) is 0.479. The molecular weight excluding hydrogens is 370 g/mol. The number of oxazole rings is 1. The molecule has 0 amide bonds. The van der Waals surface area contributed by atoms with Crippen LogP contribution in [0.4, 0.5) is 11.4 Å². The summed E-state index contributed by atoms with van der Waals surface area (Å²) in [4.78, 5) is 14.4. The summed E-state index contributed by atoms with van der Waals surface area (Å²) in [7, 11) is -3.74. The number of nitrogens with one attached hydrogen (secondary N) is 1. The molecule has 0 saturated carbocycles. The minimum atomic E-state index is -3.74. The van der Waals surface area contributed by atoms with Gasteiger partial charge in [-0.1, -0.05) is 17.7 Å². The number of benzene rings is 2. The highest BCUT2D eigenvalue weighted by molar-refractivity contribution is 7.90. The van der Waals surface area contributed by atoms with Crippen LogP contribution in [-0.4, -0.2) is 24.6 Å². The Kier molecular flexibility index (Phi) is 4.95. The second kappa shape index (κ2) is 7.20.